The Morgan fingerprint density at radius 2 is 1.76 bits per heavy atom. The molecule has 1 N–H and O–H groups in total. The van der Waals surface area contributed by atoms with Crippen LogP contribution in [0.3, 0.4) is 0 Å². The number of nitrogens with zero attached hydrogens (tertiary/aromatic N) is 5. The van der Waals surface area contributed by atoms with Crippen LogP contribution in [0, 0.1) is 6.92 Å². The SMILES string of the molecule is Cc1cn(-c2c(Cl)cccc2Cl)c(=O)c2cnc(Nc3ccc4c(c3)CN(C3CCN(C)CC3)C4)nc12. The molecule has 0 bridgehead atoms. The zero-order chi connectivity index (χ0) is 25.7. The number of nitrogens with one attached hydrogen (secondary N) is 1. The van der Waals surface area contributed by atoms with Crippen LogP contribution in [-0.2, 0) is 13.1 Å². The lowest BCUT2D eigenvalue weighted by Crippen LogP contribution is -2.41. The zero-order valence-corrected chi connectivity index (χ0v) is 22.4. The van der Waals surface area contributed by atoms with E-state index in [0.717, 1.165) is 24.3 Å². The Labute approximate surface area is 225 Å². The molecule has 2 aliphatic rings. The van der Waals surface area contributed by atoms with Crippen molar-refractivity contribution in [2.24, 2.45) is 0 Å². The smallest absolute Gasteiger partial charge is 0.266 e. The van der Waals surface area contributed by atoms with Gasteiger partial charge in [0.1, 0.15) is 0 Å². The number of likely N-dealkylation sites (tertiary alicyclic amines) is 1. The minimum atomic E-state index is -0.270. The van der Waals surface area contributed by atoms with E-state index in [-0.39, 0.29) is 5.56 Å². The Kier molecular flexibility index (Phi) is 6.41. The van der Waals surface area contributed by atoms with Crippen molar-refractivity contribution in [3.63, 3.8) is 0 Å². The van der Waals surface area contributed by atoms with Gasteiger partial charge in [0.05, 0.1) is 26.6 Å². The standard InChI is InChI=1S/C28H28Cl2N6O/c1-17-14-36(26-23(29)4-3-5-24(26)30)27(37)22-13-31-28(33-25(17)22)32-20-7-6-18-15-35(16-19(18)12-20)21-8-10-34(2)11-9-21/h3-7,12-14,21H,8-11,15-16H2,1-2H3,(H,31,32,33). The van der Waals surface area contributed by atoms with Crippen LogP contribution >= 0.6 is 23.2 Å². The number of anilines is 2. The van der Waals surface area contributed by atoms with E-state index in [0.29, 0.717) is 38.6 Å². The molecule has 1 saturated heterocycles. The van der Waals surface area contributed by atoms with Gasteiger partial charge in [-0.1, -0.05) is 35.3 Å². The first-order valence-corrected chi connectivity index (χ1v) is 13.3. The number of piperidine rings is 1. The number of para-hydroxylation sites is 1. The molecule has 190 valence electrons. The van der Waals surface area contributed by atoms with Crippen LogP contribution in [0.15, 0.2) is 53.6 Å². The molecule has 0 saturated carbocycles. The lowest BCUT2D eigenvalue weighted by atomic mass is 10.0. The average molecular weight is 535 g/mol. The van der Waals surface area contributed by atoms with E-state index >= 15 is 0 Å². The quantitative estimate of drug-likeness (QED) is 0.370. The van der Waals surface area contributed by atoms with Crippen molar-refractivity contribution < 1.29 is 0 Å². The molecule has 4 heterocycles. The fourth-order valence-electron chi connectivity index (χ4n) is 5.47. The number of rotatable bonds is 4. The van der Waals surface area contributed by atoms with Crippen LogP contribution in [-0.4, -0.2) is 50.5 Å². The van der Waals surface area contributed by atoms with Crippen molar-refractivity contribution in [3.8, 4) is 5.69 Å². The lowest BCUT2D eigenvalue weighted by Gasteiger charge is -2.34. The van der Waals surface area contributed by atoms with Crippen molar-refractivity contribution in [3.05, 3.63) is 85.9 Å². The molecule has 0 atom stereocenters. The van der Waals surface area contributed by atoms with Gasteiger partial charge in [-0.2, -0.15) is 0 Å². The first-order valence-electron chi connectivity index (χ1n) is 12.5. The molecule has 4 aromatic rings. The largest absolute Gasteiger partial charge is 0.324 e. The van der Waals surface area contributed by atoms with Gasteiger partial charge in [-0.15, -0.1) is 0 Å². The van der Waals surface area contributed by atoms with Gasteiger partial charge >= 0.3 is 0 Å². The first kappa shape index (κ1) is 24.4. The number of pyridine rings is 1. The van der Waals surface area contributed by atoms with E-state index in [4.69, 9.17) is 23.2 Å². The number of benzene rings is 2. The van der Waals surface area contributed by atoms with Gasteiger partial charge in [-0.3, -0.25) is 14.3 Å². The van der Waals surface area contributed by atoms with Gasteiger partial charge in [0, 0.05) is 37.2 Å². The fraction of sp³-hybridized carbons (Fsp3) is 0.321. The Bertz CT molecular complexity index is 1540. The van der Waals surface area contributed by atoms with Crippen LogP contribution in [0.1, 0.15) is 29.5 Å². The molecule has 0 unspecified atom stereocenters. The fourth-order valence-corrected chi connectivity index (χ4v) is 6.05. The van der Waals surface area contributed by atoms with E-state index in [1.54, 1.807) is 30.6 Å². The number of halogens is 2. The van der Waals surface area contributed by atoms with Crippen LogP contribution in [0.5, 0.6) is 0 Å². The summed E-state index contributed by atoms with van der Waals surface area (Å²) in [5, 5.41) is 4.55. The van der Waals surface area contributed by atoms with Crippen LogP contribution in [0.25, 0.3) is 16.6 Å². The van der Waals surface area contributed by atoms with Gasteiger partial charge in [0.15, 0.2) is 0 Å². The van der Waals surface area contributed by atoms with E-state index in [9.17, 15) is 4.79 Å². The molecule has 6 rings (SSSR count). The summed E-state index contributed by atoms with van der Waals surface area (Å²) in [7, 11) is 2.20. The molecule has 2 aromatic heterocycles. The number of aromatic nitrogens is 3. The van der Waals surface area contributed by atoms with E-state index in [2.05, 4.69) is 50.3 Å². The first-order chi connectivity index (χ1) is 17.9. The van der Waals surface area contributed by atoms with Gasteiger partial charge < -0.3 is 10.2 Å². The van der Waals surface area contributed by atoms with Gasteiger partial charge in [-0.25, -0.2) is 9.97 Å². The molecular weight excluding hydrogens is 507 g/mol. The second kappa shape index (κ2) is 9.72. The van der Waals surface area contributed by atoms with Crippen LogP contribution < -0.4 is 10.9 Å². The topological polar surface area (TPSA) is 66.3 Å². The second-order valence-electron chi connectivity index (χ2n) is 10.1. The minimum absolute atomic E-state index is 0.270. The van der Waals surface area contributed by atoms with Gasteiger partial charge in [0.25, 0.3) is 5.56 Å². The maximum atomic E-state index is 13.3. The van der Waals surface area contributed by atoms with Gasteiger partial charge in [0.2, 0.25) is 5.95 Å². The van der Waals surface area contributed by atoms with Crippen molar-refractivity contribution >= 4 is 45.7 Å². The van der Waals surface area contributed by atoms with Gasteiger partial charge in [-0.05, 0) is 80.9 Å². The Balaban J connectivity index is 1.26. The highest BCUT2D eigenvalue weighted by molar-refractivity contribution is 6.37. The highest BCUT2D eigenvalue weighted by atomic mass is 35.5. The summed E-state index contributed by atoms with van der Waals surface area (Å²) in [6.45, 7) is 6.23. The molecule has 2 aromatic carbocycles. The number of fused-ring (bicyclic) bond motifs is 2. The third-order valence-corrected chi connectivity index (χ3v) is 8.14. The highest BCUT2D eigenvalue weighted by Crippen LogP contribution is 2.31. The molecular formula is C28H28Cl2N6O. The predicted octanol–water partition coefficient (Wildman–Crippen LogP) is 5.55. The summed E-state index contributed by atoms with van der Waals surface area (Å²) >= 11 is 12.7. The predicted molar refractivity (Wildman–Crippen MR) is 149 cm³/mol. The van der Waals surface area contributed by atoms with Crippen LogP contribution in [0.4, 0.5) is 11.6 Å². The van der Waals surface area contributed by atoms with Crippen molar-refractivity contribution in [2.75, 3.05) is 25.5 Å². The summed E-state index contributed by atoms with van der Waals surface area (Å²) in [5.74, 6) is 0.452. The molecule has 7 nitrogen and oxygen atoms in total. The monoisotopic (exact) mass is 534 g/mol. The summed E-state index contributed by atoms with van der Waals surface area (Å²) in [4.78, 5) is 27.5. The van der Waals surface area contributed by atoms with E-state index < -0.39 is 0 Å². The number of hydrogen-bond acceptors (Lipinski definition) is 6. The molecule has 9 heteroatoms. The second-order valence-corrected chi connectivity index (χ2v) is 10.9. The molecule has 2 aliphatic heterocycles. The molecule has 0 aliphatic carbocycles. The average Bonchev–Trinajstić information content (AvgIpc) is 3.31. The number of hydrogen-bond donors (Lipinski definition) is 1. The molecule has 0 radical (unpaired) electrons. The summed E-state index contributed by atoms with van der Waals surface area (Å²) in [6, 6.07) is 12.3. The summed E-state index contributed by atoms with van der Waals surface area (Å²) in [5.41, 5.74) is 5.27. The Morgan fingerprint density at radius 1 is 1.03 bits per heavy atom. The van der Waals surface area contributed by atoms with Crippen molar-refractivity contribution in [2.45, 2.75) is 38.9 Å². The maximum Gasteiger partial charge on any atom is 0.266 e. The lowest BCUT2D eigenvalue weighted by molar-refractivity contribution is 0.120. The normalized spacial score (nSPS) is 16.9. The minimum Gasteiger partial charge on any atom is -0.324 e. The van der Waals surface area contributed by atoms with Crippen molar-refractivity contribution in [1.29, 1.82) is 0 Å². The molecule has 1 fully saturated rings. The molecule has 37 heavy (non-hydrogen) atoms. The maximum absolute atomic E-state index is 13.3. The third-order valence-electron chi connectivity index (χ3n) is 7.53. The van der Waals surface area contributed by atoms with E-state index in [1.165, 1.54) is 41.6 Å². The molecule has 0 spiro atoms. The van der Waals surface area contributed by atoms with Crippen molar-refractivity contribution in [1.82, 2.24) is 24.3 Å². The number of aryl methyl sites for hydroxylation is 1. The van der Waals surface area contributed by atoms with E-state index in [1.807, 2.05) is 6.92 Å². The Morgan fingerprint density at radius 3 is 2.51 bits per heavy atom. The highest BCUT2D eigenvalue weighted by Gasteiger charge is 2.28. The molecule has 0 amide bonds. The summed E-state index contributed by atoms with van der Waals surface area (Å²) < 4.78 is 1.47. The Hall–Kier alpha value is -2.97. The third kappa shape index (κ3) is 4.61. The summed E-state index contributed by atoms with van der Waals surface area (Å²) in [6.07, 6.45) is 5.74. The van der Waals surface area contributed by atoms with Crippen LogP contribution in [0.2, 0.25) is 10.0 Å². The zero-order valence-electron chi connectivity index (χ0n) is 20.8.